The van der Waals surface area contributed by atoms with Gasteiger partial charge in [-0.3, -0.25) is 4.79 Å². The molecule has 0 fully saturated rings. The number of carbonyl (C=O) groups excluding carboxylic acids is 1. The molecule has 130 valence electrons. The molecule has 1 aromatic heterocycles. The highest BCUT2D eigenvalue weighted by Gasteiger charge is 2.09. The van der Waals surface area contributed by atoms with Crippen LogP contribution in [0.3, 0.4) is 0 Å². The average Bonchev–Trinajstić information content (AvgIpc) is 3.01. The minimum Gasteiger partial charge on any atom is -0.352 e. The van der Waals surface area contributed by atoms with Gasteiger partial charge in [-0.2, -0.15) is 0 Å². The van der Waals surface area contributed by atoms with Crippen molar-refractivity contribution < 1.29 is 13.2 Å². The normalized spacial score (nSPS) is 11.6. The van der Waals surface area contributed by atoms with Gasteiger partial charge in [0.2, 0.25) is 0 Å². The molecule has 3 aromatic rings. The van der Waals surface area contributed by atoms with E-state index in [1.54, 1.807) is 0 Å². The molecule has 0 saturated heterocycles. The van der Waals surface area contributed by atoms with Crippen molar-refractivity contribution in [3.05, 3.63) is 66.4 Å². The summed E-state index contributed by atoms with van der Waals surface area (Å²) < 4.78 is 25.0. The summed E-state index contributed by atoms with van der Waals surface area (Å²) >= 11 is 0. The second kappa shape index (κ2) is 7.11. The zero-order valence-corrected chi connectivity index (χ0v) is 14.8. The summed E-state index contributed by atoms with van der Waals surface area (Å²) in [6.07, 6.45) is 4.01. The van der Waals surface area contributed by atoms with Crippen molar-refractivity contribution in [1.82, 2.24) is 9.88 Å². The Morgan fingerprint density at radius 3 is 2.48 bits per heavy atom. The molecule has 0 spiro atoms. The molecule has 2 aromatic carbocycles. The van der Waals surface area contributed by atoms with Gasteiger partial charge in [0.05, 0.1) is 4.90 Å². The van der Waals surface area contributed by atoms with E-state index in [1.165, 1.54) is 35.2 Å². The zero-order valence-electron chi connectivity index (χ0n) is 14.0. The van der Waals surface area contributed by atoms with Crippen LogP contribution < -0.4 is 5.32 Å². The molecule has 0 bridgehead atoms. The second-order valence-corrected chi connectivity index (χ2v) is 7.99. The van der Waals surface area contributed by atoms with E-state index in [4.69, 9.17) is 0 Å². The van der Waals surface area contributed by atoms with Crippen LogP contribution in [0, 0.1) is 0 Å². The lowest BCUT2D eigenvalue weighted by Gasteiger charge is -2.08. The van der Waals surface area contributed by atoms with Gasteiger partial charge in [-0.25, -0.2) is 8.42 Å². The number of sulfone groups is 1. The van der Waals surface area contributed by atoms with E-state index in [9.17, 15) is 13.2 Å². The lowest BCUT2D eigenvalue weighted by atomic mass is 10.2. The Balaban J connectivity index is 1.53. The summed E-state index contributed by atoms with van der Waals surface area (Å²) in [5.74, 6) is -0.197. The summed E-state index contributed by atoms with van der Waals surface area (Å²) in [6, 6.07) is 16.2. The first-order chi connectivity index (χ1) is 11.9. The second-order valence-electron chi connectivity index (χ2n) is 5.97. The number of hydrogen-bond donors (Lipinski definition) is 1. The summed E-state index contributed by atoms with van der Waals surface area (Å²) in [5, 5.41) is 4.07. The third-order valence-corrected chi connectivity index (χ3v) is 5.21. The molecule has 0 radical (unpaired) electrons. The highest BCUT2D eigenvalue weighted by molar-refractivity contribution is 7.90. The number of benzene rings is 2. The maximum absolute atomic E-state index is 12.1. The van der Waals surface area contributed by atoms with E-state index in [0.717, 1.165) is 19.2 Å². The van der Waals surface area contributed by atoms with Gasteiger partial charge in [0.25, 0.3) is 5.91 Å². The van der Waals surface area contributed by atoms with Crippen molar-refractivity contribution in [3.63, 3.8) is 0 Å². The Morgan fingerprint density at radius 1 is 1.04 bits per heavy atom. The van der Waals surface area contributed by atoms with Crippen LogP contribution in [0.2, 0.25) is 0 Å². The number of aromatic nitrogens is 1. The molecule has 0 atom stereocenters. The molecule has 0 aliphatic carbocycles. The highest BCUT2D eigenvalue weighted by Crippen LogP contribution is 2.15. The maximum atomic E-state index is 12.1. The zero-order chi connectivity index (χ0) is 17.9. The van der Waals surface area contributed by atoms with Crippen molar-refractivity contribution in [1.29, 1.82) is 0 Å². The van der Waals surface area contributed by atoms with Crippen LogP contribution in [-0.2, 0) is 16.4 Å². The fourth-order valence-electron chi connectivity index (χ4n) is 2.74. The number of para-hydroxylation sites is 1. The molecule has 0 saturated carbocycles. The molecule has 5 nitrogen and oxygen atoms in total. The number of fused-ring (bicyclic) bond motifs is 1. The minimum atomic E-state index is -3.24. The predicted molar refractivity (Wildman–Crippen MR) is 98.4 cm³/mol. The van der Waals surface area contributed by atoms with Gasteiger partial charge in [0.15, 0.2) is 9.84 Å². The van der Waals surface area contributed by atoms with Crippen LogP contribution in [0.4, 0.5) is 0 Å². The Labute approximate surface area is 147 Å². The van der Waals surface area contributed by atoms with Gasteiger partial charge in [0, 0.05) is 36.6 Å². The summed E-state index contributed by atoms with van der Waals surface area (Å²) in [4.78, 5) is 12.3. The molecular weight excluding hydrogens is 336 g/mol. The summed E-state index contributed by atoms with van der Waals surface area (Å²) in [6.45, 7) is 1.37. The Hall–Kier alpha value is -2.60. The van der Waals surface area contributed by atoms with Gasteiger partial charge in [-0.1, -0.05) is 18.2 Å². The number of nitrogens with zero attached hydrogens (tertiary/aromatic N) is 1. The van der Waals surface area contributed by atoms with Crippen LogP contribution in [0.25, 0.3) is 10.9 Å². The van der Waals surface area contributed by atoms with Crippen molar-refractivity contribution in [3.8, 4) is 0 Å². The molecular formula is C19H20N2O3S. The van der Waals surface area contributed by atoms with Gasteiger partial charge >= 0.3 is 0 Å². The summed E-state index contributed by atoms with van der Waals surface area (Å²) in [5.41, 5.74) is 1.64. The van der Waals surface area contributed by atoms with Gasteiger partial charge in [0.1, 0.15) is 0 Å². The molecule has 0 aliphatic rings. The molecule has 1 amide bonds. The minimum absolute atomic E-state index is 0.197. The lowest BCUT2D eigenvalue weighted by molar-refractivity contribution is 0.0952. The van der Waals surface area contributed by atoms with E-state index in [-0.39, 0.29) is 10.8 Å². The first-order valence-electron chi connectivity index (χ1n) is 8.07. The van der Waals surface area contributed by atoms with E-state index in [0.29, 0.717) is 12.1 Å². The molecule has 0 unspecified atom stereocenters. The van der Waals surface area contributed by atoms with Crippen molar-refractivity contribution in [2.75, 3.05) is 12.8 Å². The average molecular weight is 356 g/mol. The van der Waals surface area contributed by atoms with E-state index >= 15 is 0 Å². The smallest absolute Gasteiger partial charge is 0.251 e. The number of carbonyl (C=O) groups is 1. The SMILES string of the molecule is CS(=O)(=O)c1ccc(C(=O)NCCCn2ccc3ccccc32)cc1. The largest absolute Gasteiger partial charge is 0.352 e. The Bertz CT molecular complexity index is 989. The first kappa shape index (κ1) is 17.2. The van der Waals surface area contributed by atoms with E-state index in [1.807, 2.05) is 12.1 Å². The maximum Gasteiger partial charge on any atom is 0.251 e. The van der Waals surface area contributed by atoms with E-state index in [2.05, 4.69) is 34.3 Å². The molecule has 3 rings (SSSR count). The fourth-order valence-corrected chi connectivity index (χ4v) is 3.37. The van der Waals surface area contributed by atoms with Crippen LogP contribution in [-0.4, -0.2) is 31.7 Å². The lowest BCUT2D eigenvalue weighted by Crippen LogP contribution is -2.25. The van der Waals surface area contributed by atoms with Crippen molar-refractivity contribution >= 4 is 26.6 Å². The Morgan fingerprint density at radius 2 is 1.76 bits per heavy atom. The quantitative estimate of drug-likeness (QED) is 0.691. The first-order valence-corrected chi connectivity index (χ1v) is 9.96. The van der Waals surface area contributed by atoms with Crippen LogP contribution in [0.15, 0.2) is 65.7 Å². The number of hydrogen-bond acceptors (Lipinski definition) is 3. The number of nitrogens with one attached hydrogen (secondary N) is 1. The van der Waals surface area contributed by atoms with Crippen LogP contribution >= 0.6 is 0 Å². The molecule has 1 heterocycles. The van der Waals surface area contributed by atoms with E-state index < -0.39 is 9.84 Å². The monoisotopic (exact) mass is 356 g/mol. The Kier molecular flexibility index (Phi) is 4.90. The molecule has 1 N–H and O–H groups in total. The van der Waals surface area contributed by atoms with Crippen molar-refractivity contribution in [2.24, 2.45) is 0 Å². The molecule has 6 heteroatoms. The third kappa shape index (κ3) is 4.09. The third-order valence-electron chi connectivity index (χ3n) is 4.09. The molecule has 25 heavy (non-hydrogen) atoms. The van der Waals surface area contributed by atoms with Crippen LogP contribution in [0.5, 0.6) is 0 Å². The standard InChI is InChI=1S/C19H20N2O3S/c1-25(23,24)17-9-7-16(8-10-17)19(22)20-12-4-13-21-14-11-15-5-2-3-6-18(15)21/h2-3,5-11,14H,4,12-13H2,1H3,(H,20,22). The predicted octanol–water partition coefficient (Wildman–Crippen LogP) is 2.86. The van der Waals surface area contributed by atoms with Gasteiger partial charge in [-0.05, 0) is 48.2 Å². The number of rotatable bonds is 6. The molecule has 0 aliphatic heterocycles. The van der Waals surface area contributed by atoms with Crippen molar-refractivity contribution in [2.45, 2.75) is 17.9 Å². The summed E-state index contributed by atoms with van der Waals surface area (Å²) in [7, 11) is -3.24. The van der Waals surface area contributed by atoms with Gasteiger partial charge in [-0.15, -0.1) is 0 Å². The number of aryl methyl sites for hydroxylation is 1. The van der Waals surface area contributed by atoms with Crippen LogP contribution in [0.1, 0.15) is 16.8 Å². The highest BCUT2D eigenvalue weighted by atomic mass is 32.2. The number of amides is 1. The topological polar surface area (TPSA) is 68.2 Å². The van der Waals surface area contributed by atoms with Gasteiger partial charge < -0.3 is 9.88 Å². The fraction of sp³-hybridized carbons (Fsp3) is 0.211.